The molecule has 4 aromatic rings. The average Bonchev–Trinajstić information content (AvgIpc) is 3.32. The Hall–Kier alpha value is -3.75. The van der Waals surface area contributed by atoms with E-state index in [4.69, 9.17) is 21.1 Å². The molecule has 0 radical (unpaired) electrons. The molecule has 2 heterocycles. The van der Waals surface area contributed by atoms with Gasteiger partial charge in [0.05, 0.1) is 12.7 Å². The summed E-state index contributed by atoms with van der Waals surface area (Å²) < 4.78 is 52.4. The summed E-state index contributed by atoms with van der Waals surface area (Å²) >= 11 is 7.40. The van der Waals surface area contributed by atoms with Gasteiger partial charge >= 0.3 is 6.18 Å². The predicted octanol–water partition coefficient (Wildman–Crippen LogP) is 9.83. The number of alkyl halides is 3. The highest BCUT2D eigenvalue weighted by Gasteiger charge is 2.35. The minimum absolute atomic E-state index is 0.0370. The van der Waals surface area contributed by atoms with E-state index < -0.39 is 17.8 Å². The lowest BCUT2D eigenvalue weighted by atomic mass is 10.0. The molecule has 0 amide bonds. The van der Waals surface area contributed by atoms with Crippen LogP contribution >= 0.6 is 22.9 Å². The van der Waals surface area contributed by atoms with Gasteiger partial charge in [0.2, 0.25) is 0 Å². The quantitative estimate of drug-likeness (QED) is 0.148. The van der Waals surface area contributed by atoms with Crippen molar-refractivity contribution in [3.8, 4) is 16.9 Å². The summed E-state index contributed by atoms with van der Waals surface area (Å²) in [5, 5.41) is 1.14. The molecule has 39 heavy (non-hydrogen) atoms. The summed E-state index contributed by atoms with van der Waals surface area (Å²) in [5.41, 5.74) is 3.05. The number of ether oxygens (including phenoxy) is 2. The summed E-state index contributed by atoms with van der Waals surface area (Å²) in [6.07, 6.45) is -2.07. The molecule has 2 aromatic carbocycles. The largest absolute Gasteiger partial charge is 0.496 e. The first-order chi connectivity index (χ1) is 18.5. The highest BCUT2D eigenvalue weighted by atomic mass is 35.5. The first-order valence-corrected chi connectivity index (χ1v) is 13.1. The van der Waals surface area contributed by atoms with Crippen LogP contribution in [0.25, 0.3) is 16.9 Å². The SMILES string of the molecule is C=CN(c1cc(O[C@H](C)c2ccccc2C(F)(F)F)c(C(=C)OC)s1)c1ccc(-c2ccnc(Cl)c2)cc1C. The van der Waals surface area contributed by atoms with Crippen LogP contribution in [0.4, 0.5) is 23.9 Å². The number of aryl methyl sites for hydroxylation is 1. The number of pyridine rings is 1. The molecule has 4 nitrogen and oxygen atoms in total. The van der Waals surface area contributed by atoms with Crippen LogP contribution in [0.3, 0.4) is 0 Å². The third-order valence-corrected chi connectivity index (χ3v) is 7.49. The molecule has 0 fully saturated rings. The molecule has 0 spiro atoms. The topological polar surface area (TPSA) is 34.6 Å². The Labute approximate surface area is 234 Å². The third-order valence-electron chi connectivity index (χ3n) is 6.13. The van der Waals surface area contributed by atoms with E-state index in [9.17, 15) is 13.2 Å². The molecule has 202 valence electrons. The molecule has 9 heteroatoms. The molecule has 2 aromatic heterocycles. The number of thiophene rings is 1. The van der Waals surface area contributed by atoms with Crippen molar-refractivity contribution in [2.24, 2.45) is 0 Å². The standard InChI is InChI=1S/C30H26ClF3N2O2S/c1-6-36(25-12-11-21(15-18(25)2)22-13-14-35-27(31)16-22)28-17-26(29(39-28)20(4)37-5)38-19(3)23-9-7-8-10-24(23)30(32,33)34/h6-17,19H,1,4H2,2-3,5H3/t19-/m1/s1. The highest BCUT2D eigenvalue weighted by molar-refractivity contribution is 7.17. The van der Waals surface area contributed by atoms with E-state index in [2.05, 4.69) is 18.1 Å². The zero-order chi connectivity index (χ0) is 28.3. The lowest BCUT2D eigenvalue weighted by Crippen LogP contribution is -2.14. The molecule has 0 N–H and O–H groups in total. The van der Waals surface area contributed by atoms with Gasteiger partial charge in [-0.25, -0.2) is 4.98 Å². The number of benzene rings is 2. The van der Waals surface area contributed by atoms with Crippen LogP contribution < -0.4 is 9.64 Å². The zero-order valence-electron chi connectivity index (χ0n) is 21.6. The highest BCUT2D eigenvalue weighted by Crippen LogP contribution is 2.45. The van der Waals surface area contributed by atoms with E-state index in [0.29, 0.717) is 21.5 Å². The first-order valence-electron chi connectivity index (χ1n) is 11.9. The summed E-state index contributed by atoms with van der Waals surface area (Å²) in [7, 11) is 1.48. The molecular formula is C30H26ClF3N2O2S. The summed E-state index contributed by atoms with van der Waals surface area (Å²) in [5.74, 6) is 0.696. The van der Waals surface area contributed by atoms with Gasteiger partial charge < -0.3 is 14.4 Å². The number of aromatic nitrogens is 1. The summed E-state index contributed by atoms with van der Waals surface area (Å²) in [6, 6.07) is 16.8. The first kappa shape index (κ1) is 28.3. The second-order valence-corrected chi connectivity index (χ2v) is 10.1. The second kappa shape index (κ2) is 11.6. The summed E-state index contributed by atoms with van der Waals surface area (Å²) in [4.78, 5) is 6.49. The van der Waals surface area contributed by atoms with Gasteiger partial charge in [-0.2, -0.15) is 13.2 Å². The molecule has 0 saturated heterocycles. The maximum Gasteiger partial charge on any atom is 0.416 e. The molecule has 0 unspecified atom stereocenters. The van der Waals surface area contributed by atoms with E-state index in [-0.39, 0.29) is 5.56 Å². The van der Waals surface area contributed by atoms with Gasteiger partial charge in [-0.3, -0.25) is 0 Å². The van der Waals surface area contributed by atoms with Gasteiger partial charge in [0, 0.05) is 29.7 Å². The van der Waals surface area contributed by atoms with Crippen LogP contribution in [0.1, 0.15) is 34.6 Å². The van der Waals surface area contributed by atoms with Crippen molar-refractivity contribution >= 4 is 39.4 Å². The fraction of sp³-hybridized carbons (Fsp3) is 0.167. The van der Waals surface area contributed by atoms with E-state index in [1.54, 1.807) is 37.5 Å². The molecule has 0 saturated carbocycles. The fourth-order valence-electron chi connectivity index (χ4n) is 4.21. The van der Waals surface area contributed by atoms with E-state index in [0.717, 1.165) is 33.4 Å². The minimum atomic E-state index is -4.50. The number of anilines is 2. The van der Waals surface area contributed by atoms with Crippen LogP contribution in [-0.4, -0.2) is 12.1 Å². The van der Waals surface area contributed by atoms with Gasteiger partial charge in [0.15, 0.2) is 0 Å². The van der Waals surface area contributed by atoms with Crippen LogP contribution in [0.2, 0.25) is 5.15 Å². The zero-order valence-corrected chi connectivity index (χ0v) is 23.1. The maximum absolute atomic E-state index is 13.6. The predicted molar refractivity (Wildman–Crippen MR) is 153 cm³/mol. The van der Waals surface area contributed by atoms with E-state index >= 15 is 0 Å². The average molecular weight is 571 g/mol. The van der Waals surface area contributed by atoms with E-state index in [1.807, 2.05) is 36.1 Å². The number of nitrogens with zero attached hydrogens (tertiary/aromatic N) is 2. The molecule has 0 aliphatic heterocycles. The lowest BCUT2D eigenvalue weighted by Gasteiger charge is -2.21. The van der Waals surface area contributed by atoms with Crippen LogP contribution in [0, 0.1) is 6.92 Å². The number of halogens is 4. The van der Waals surface area contributed by atoms with Crippen molar-refractivity contribution in [2.75, 3.05) is 12.0 Å². The van der Waals surface area contributed by atoms with Crippen LogP contribution in [-0.2, 0) is 10.9 Å². The molecule has 0 bridgehead atoms. The number of hydrogen-bond acceptors (Lipinski definition) is 5. The third kappa shape index (κ3) is 6.13. The fourth-order valence-corrected chi connectivity index (χ4v) is 5.44. The molecule has 0 aliphatic rings. The molecule has 4 rings (SSSR count). The Bertz CT molecular complexity index is 1520. The van der Waals surface area contributed by atoms with E-state index in [1.165, 1.54) is 30.6 Å². The Morgan fingerprint density at radius 1 is 1.10 bits per heavy atom. The normalized spacial score (nSPS) is 12.1. The van der Waals surface area contributed by atoms with Gasteiger partial charge in [-0.1, -0.05) is 49.0 Å². The van der Waals surface area contributed by atoms with Crippen LogP contribution in [0.15, 0.2) is 86.2 Å². The number of rotatable bonds is 9. The number of hydrogen-bond donors (Lipinski definition) is 0. The molecule has 1 atom stereocenters. The van der Waals surface area contributed by atoms with Crippen molar-refractivity contribution < 1.29 is 22.6 Å². The second-order valence-electron chi connectivity index (χ2n) is 8.67. The van der Waals surface area contributed by atoms with Gasteiger partial charge in [-0.15, -0.1) is 11.3 Å². The van der Waals surface area contributed by atoms with Crippen molar-refractivity contribution in [2.45, 2.75) is 26.1 Å². The minimum Gasteiger partial charge on any atom is -0.496 e. The molecule has 0 aliphatic carbocycles. The monoisotopic (exact) mass is 570 g/mol. The van der Waals surface area contributed by atoms with Gasteiger partial charge in [0.1, 0.15) is 32.6 Å². The lowest BCUT2D eigenvalue weighted by molar-refractivity contribution is -0.138. The molecular weight excluding hydrogens is 545 g/mol. The van der Waals surface area contributed by atoms with Gasteiger partial charge in [0.25, 0.3) is 0 Å². The van der Waals surface area contributed by atoms with Crippen molar-refractivity contribution in [3.05, 3.63) is 113 Å². The van der Waals surface area contributed by atoms with Crippen LogP contribution in [0.5, 0.6) is 5.75 Å². The van der Waals surface area contributed by atoms with Crippen molar-refractivity contribution in [1.82, 2.24) is 4.98 Å². The Kier molecular flexibility index (Phi) is 8.37. The Balaban J connectivity index is 1.70. The Morgan fingerprint density at radius 3 is 2.46 bits per heavy atom. The van der Waals surface area contributed by atoms with Crippen molar-refractivity contribution in [1.29, 1.82) is 0 Å². The smallest absolute Gasteiger partial charge is 0.416 e. The number of methoxy groups -OCH3 is 1. The summed E-state index contributed by atoms with van der Waals surface area (Å²) in [6.45, 7) is 11.5. The maximum atomic E-state index is 13.6. The Morgan fingerprint density at radius 2 is 1.82 bits per heavy atom. The van der Waals surface area contributed by atoms with Crippen molar-refractivity contribution in [3.63, 3.8) is 0 Å². The van der Waals surface area contributed by atoms with Gasteiger partial charge in [-0.05, 0) is 60.9 Å².